The molecule has 0 saturated carbocycles. The minimum atomic E-state index is -0.682. The van der Waals surface area contributed by atoms with Crippen molar-refractivity contribution in [1.82, 2.24) is 5.32 Å². The average molecular weight is 208 g/mol. The van der Waals surface area contributed by atoms with Crippen LogP contribution in [0.25, 0.3) is 0 Å². The molecule has 1 amide bonds. The zero-order chi connectivity index (χ0) is 11.3. The minimum absolute atomic E-state index is 0.147. The van der Waals surface area contributed by atoms with Crippen LogP contribution in [0.15, 0.2) is 24.3 Å². The van der Waals surface area contributed by atoms with Crippen molar-refractivity contribution in [3.63, 3.8) is 0 Å². The number of carbonyl (C=O) groups excluding carboxylic acids is 1. The molecule has 1 rings (SSSR count). The SMILES string of the molecule is Cc1cccc(C(=O)NCC(O)CN)c1. The van der Waals surface area contributed by atoms with Crippen LogP contribution < -0.4 is 11.1 Å². The van der Waals surface area contributed by atoms with E-state index in [1.807, 2.05) is 19.1 Å². The molecule has 1 aromatic rings. The Morgan fingerprint density at radius 2 is 2.33 bits per heavy atom. The zero-order valence-corrected chi connectivity index (χ0v) is 8.73. The molecule has 0 aliphatic rings. The van der Waals surface area contributed by atoms with Crippen molar-refractivity contribution in [2.75, 3.05) is 13.1 Å². The summed E-state index contributed by atoms with van der Waals surface area (Å²) in [6.45, 7) is 2.25. The molecule has 82 valence electrons. The van der Waals surface area contributed by atoms with Crippen LogP contribution >= 0.6 is 0 Å². The van der Waals surface area contributed by atoms with E-state index in [1.54, 1.807) is 12.1 Å². The number of aliphatic hydroxyl groups is 1. The van der Waals surface area contributed by atoms with E-state index in [9.17, 15) is 4.79 Å². The maximum absolute atomic E-state index is 11.6. The number of carbonyl (C=O) groups is 1. The number of nitrogens with one attached hydrogen (secondary N) is 1. The Labute approximate surface area is 89.1 Å². The summed E-state index contributed by atoms with van der Waals surface area (Å²) in [5.41, 5.74) is 6.85. The van der Waals surface area contributed by atoms with E-state index in [1.165, 1.54) is 0 Å². The maximum atomic E-state index is 11.6. The lowest BCUT2D eigenvalue weighted by molar-refractivity contribution is 0.0920. The molecule has 4 nitrogen and oxygen atoms in total. The van der Waals surface area contributed by atoms with Crippen molar-refractivity contribution < 1.29 is 9.90 Å². The number of aryl methyl sites for hydroxylation is 1. The molecule has 0 spiro atoms. The van der Waals surface area contributed by atoms with Crippen LogP contribution in [0.3, 0.4) is 0 Å². The van der Waals surface area contributed by atoms with Crippen molar-refractivity contribution >= 4 is 5.91 Å². The molecule has 0 fully saturated rings. The van der Waals surface area contributed by atoms with E-state index < -0.39 is 6.10 Å². The van der Waals surface area contributed by atoms with Gasteiger partial charge in [-0.3, -0.25) is 4.79 Å². The smallest absolute Gasteiger partial charge is 0.251 e. The third kappa shape index (κ3) is 3.69. The normalized spacial score (nSPS) is 12.2. The summed E-state index contributed by atoms with van der Waals surface area (Å²) in [5, 5.41) is 11.8. The first kappa shape index (κ1) is 11.7. The summed E-state index contributed by atoms with van der Waals surface area (Å²) in [7, 11) is 0. The van der Waals surface area contributed by atoms with Crippen molar-refractivity contribution in [2.45, 2.75) is 13.0 Å². The minimum Gasteiger partial charge on any atom is -0.390 e. The fourth-order valence-corrected chi connectivity index (χ4v) is 1.18. The van der Waals surface area contributed by atoms with Crippen molar-refractivity contribution in [3.8, 4) is 0 Å². The summed E-state index contributed by atoms with van der Waals surface area (Å²) in [6.07, 6.45) is -0.682. The number of hydrogen-bond donors (Lipinski definition) is 3. The van der Waals surface area contributed by atoms with Crippen LogP contribution in [0.1, 0.15) is 15.9 Å². The number of nitrogens with two attached hydrogens (primary N) is 1. The average Bonchev–Trinajstić information content (AvgIpc) is 2.25. The lowest BCUT2D eigenvalue weighted by Crippen LogP contribution is -2.36. The molecule has 0 bridgehead atoms. The van der Waals surface area contributed by atoms with Gasteiger partial charge < -0.3 is 16.2 Å². The maximum Gasteiger partial charge on any atom is 0.251 e. The molecular weight excluding hydrogens is 192 g/mol. The lowest BCUT2D eigenvalue weighted by atomic mass is 10.1. The first-order valence-corrected chi connectivity index (χ1v) is 4.86. The molecule has 0 aliphatic carbocycles. The summed E-state index contributed by atoms with van der Waals surface area (Å²) in [6, 6.07) is 7.27. The lowest BCUT2D eigenvalue weighted by Gasteiger charge is -2.09. The largest absolute Gasteiger partial charge is 0.390 e. The van der Waals surface area contributed by atoms with Gasteiger partial charge in [0.05, 0.1) is 6.10 Å². The molecular formula is C11H16N2O2. The molecule has 1 aromatic carbocycles. The second-order valence-electron chi connectivity index (χ2n) is 3.47. The summed E-state index contributed by atoms with van der Waals surface area (Å²) in [4.78, 5) is 11.6. The van der Waals surface area contributed by atoms with E-state index in [4.69, 9.17) is 10.8 Å². The Morgan fingerprint density at radius 1 is 1.60 bits per heavy atom. The Morgan fingerprint density at radius 3 is 2.93 bits per heavy atom. The van der Waals surface area contributed by atoms with Gasteiger partial charge in [0, 0.05) is 18.7 Å². The Bertz CT molecular complexity index is 339. The van der Waals surface area contributed by atoms with E-state index >= 15 is 0 Å². The number of rotatable bonds is 4. The van der Waals surface area contributed by atoms with E-state index in [2.05, 4.69) is 5.32 Å². The van der Waals surface area contributed by atoms with Gasteiger partial charge in [-0.2, -0.15) is 0 Å². The predicted octanol–water partition coefficient (Wildman–Crippen LogP) is 0.0444. The van der Waals surface area contributed by atoms with Gasteiger partial charge in [0.15, 0.2) is 0 Å². The van der Waals surface area contributed by atoms with Gasteiger partial charge in [-0.25, -0.2) is 0 Å². The molecule has 0 heterocycles. The van der Waals surface area contributed by atoms with Crippen LogP contribution in [-0.2, 0) is 0 Å². The molecule has 0 radical (unpaired) electrons. The van der Waals surface area contributed by atoms with Crippen LogP contribution in [0.5, 0.6) is 0 Å². The number of amides is 1. The number of aliphatic hydroxyl groups excluding tert-OH is 1. The highest BCUT2D eigenvalue weighted by atomic mass is 16.3. The van der Waals surface area contributed by atoms with Gasteiger partial charge in [0.2, 0.25) is 0 Å². The Hall–Kier alpha value is -1.39. The van der Waals surface area contributed by atoms with Crippen molar-refractivity contribution in [3.05, 3.63) is 35.4 Å². The van der Waals surface area contributed by atoms with Gasteiger partial charge in [-0.1, -0.05) is 17.7 Å². The van der Waals surface area contributed by atoms with Gasteiger partial charge in [0.25, 0.3) is 5.91 Å². The van der Waals surface area contributed by atoms with Crippen molar-refractivity contribution in [1.29, 1.82) is 0 Å². The van der Waals surface area contributed by atoms with Crippen LogP contribution in [-0.4, -0.2) is 30.2 Å². The van der Waals surface area contributed by atoms with Crippen molar-refractivity contribution in [2.24, 2.45) is 5.73 Å². The molecule has 1 atom stereocenters. The van der Waals surface area contributed by atoms with E-state index in [0.29, 0.717) is 5.56 Å². The number of benzene rings is 1. The molecule has 4 N–H and O–H groups in total. The molecule has 0 aliphatic heterocycles. The molecule has 0 saturated heterocycles. The van der Waals surface area contributed by atoms with Crippen LogP contribution in [0.2, 0.25) is 0 Å². The molecule has 1 unspecified atom stereocenters. The topological polar surface area (TPSA) is 75.3 Å². The molecule has 0 aromatic heterocycles. The second kappa shape index (κ2) is 5.48. The van der Waals surface area contributed by atoms with E-state index in [0.717, 1.165) is 5.56 Å². The predicted molar refractivity (Wildman–Crippen MR) is 58.6 cm³/mol. The third-order valence-corrected chi connectivity index (χ3v) is 2.05. The number of hydrogen-bond acceptors (Lipinski definition) is 3. The fourth-order valence-electron chi connectivity index (χ4n) is 1.18. The highest BCUT2D eigenvalue weighted by Gasteiger charge is 2.07. The van der Waals surface area contributed by atoms with Gasteiger partial charge in [-0.15, -0.1) is 0 Å². The Kier molecular flexibility index (Phi) is 4.27. The zero-order valence-electron chi connectivity index (χ0n) is 8.73. The monoisotopic (exact) mass is 208 g/mol. The first-order chi connectivity index (χ1) is 7.13. The van der Waals surface area contributed by atoms with Crippen LogP contribution in [0.4, 0.5) is 0 Å². The summed E-state index contributed by atoms with van der Waals surface area (Å²) in [5.74, 6) is -0.189. The van der Waals surface area contributed by atoms with Gasteiger partial charge in [0.1, 0.15) is 0 Å². The third-order valence-electron chi connectivity index (χ3n) is 2.05. The Balaban J connectivity index is 2.54. The first-order valence-electron chi connectivity index (χ1n) is 4.86. The quantitative estimate of drug-likeness (QED) is 0.654. The van der Waals surface area contributed by atoms with Gasteiger partial charge in [-0.05, 0) is 19.1 Å². The molecule has 15 heavy (non-hydrogen) atoms. The van der Waals surface area contributed by atoms with Gasteiger partial charge >= 0.3 is 0 Å². The highest BCUT2D eigenvalue weighted by Crippen LogP contribution is 2.03. The summed E-state index contributed by atoms with van der Waals surface area (Å²) >= 11 is 0. The highest BCUT2D eigenvalue weighted by molar-refractivity contribution is 5.94. The summed E-state index contributed by atoms with van der Waals surface area (Å²) < 4.78 is 0. The second-order valence-corrected chi connectivity index (χ2v) is 3.47. The van der Waals surface area contributed by atoms with E-state index in [-0.39, 0.29) is 19.0 Å². The van der Waals surface area contributed by atoms with Crippen LogP contribution in [0, 0.1) is 6.92 Å². The molecule has 4 heteroatoms. The fraction of sp³-hybridized carbons (Fsp3) is 0.364. The standard InChI is InChI=1S/C11H16N2O2/c1-8-3-2-4-9(5-8)11(15)13-7-10(14)6-12/h2-5,10,14H,6-7,12H2,1H3,(H,13,15).